The van der Waals surface area contributed by atoms with Crippen molar-refractivity contribution >= 4 is 35.9 Å². The van der Waals surface area contributed by atoms with Crippen LogP contribution in [0.4, 0.5) is 4.79 Å². The normalized spacial score (nSPS) is 18.7. The Labute approximate surface area is 159 Å². The predicted molar refractivity (Wildman–Crippen MR) is 102 cm³/mol. The molecule has 1 aliphatic heterocycles. The zero-order valence-corrected chi connectivity index (χ0v) is 16.8. The second kappa shape index (κ2) is 6.17. The number of hydrogen-bond donors (Lipinski definition) is 0. The highest BCUT2D eigenvalue weighted by atomic mass is 16.7. The molecule has 0 saturated carbocycles. The summed E-state index contributed by atoms with van der Waals surface area (Å²) in [6, 6.07) is 5.31. The lowest BCUT2D eigenvalue weighted by Crippen LogP contribution is -2.41. The van der Waals surface area contributed by atoms with Gasteiger partial charge in [0.15, 0.2) is 6.29 Å². The van der Waals surface area contributed by atoms with Crippen LogP contribution in [0.3, 0.4) is 0 Å². The van der Waals surface area contributed by atoms with Gasteiger partial charge in [0.05, 0.1) is 16.7 Å². The van der Waals surface area contributed by atoms with E-state index < -0.39 is 30.0 Å². The van der Waals surface area contributed by atoms with Crippen molar-refractivity contribution in [2.75, 3.05) is 0 Å². The molecule has 0 unspecified atom stereocenters. The number of hydrogen-bond acceptors (Lipinski definition) is 6. The van der Waals surface area contributed by atoms with Gasteiger partial charge >= 0.3 is 13.2 Å². The average molecular weight is 372 g/mol. The summed E-state index contributed by atoms with van der Waals surface area (Å²) in [7, 11) is -0.582. The third-order valence-electron chi connectivity index (χ3n) is 4.94. The van der Waals surface area contributed by atoms with E-state index in [1.807, 2.05) is 33.8 Å². The van der Waals surface area contributed by atoms with Gasteiger partial charge in [0, 0.05) is 5.39 Å². The molecule has 2 heterocycles. The van der Waals surface area contributed by atoms with E-state index in [-0.39, 0.29) is 5.69 Å². The second-order valence-corrected chi connectivity index (χ2v) is 8.76. The lowest BCUT2D eigenvalue weighted by Gasteiger charge is -2.32. The summed E-state index contributed by atoms with van der Waals surface area (Å²) in [4.78, 5) is 23.9. The topological polar surface area (TPSA) is 79.7 Å². The van der Waals surface area contributed by atoms with Crippen molar-refractivity contribution in [3.05, 3.63) is 23.9 Å². The zero-order valence-electron chi connectivity index (χ0n) is 16.8. The van der Waals surface area contributed by atoms with Crippen molar-refractivity contribution in [2.24, 2.45) is 0 Å². The summed E-state index contributed by atoms with van der Waals surface area (Å²) >= 11 is 0. The fourth-order valence-electron chi connectivity index (χ4n) is 2.81. The average Bonchev–Trinajstić information content (AvgIpc) is 2.99. The number of benzene rings is 1. The Morgan fingerprint density at radius 2 is 1.78 bits per heavy atom. The molecule has 0 radical (unpaired) electrons. The molecular weight excluding hydrogens is 347 g/mol. The highest BCUT2D eigenvalue weighted by molar-refractivity contribution is 6.62. The van der Waals surface area contributed by atoms with E-state index in [9.17, 15) is 9.59 Å². The van der Waals surface area contributed by atoms with Crippen molar-refractivity contribution < 1.29 is 23.6 Å². The third kappa shape index (κ3) is 3.51. The Morgan fingerprint density at radius 1 is 1.19 bits per heavy atom. The van der Waals surface area contributed by atoms with E-state index in [1.54, 1.807) is 32.9 Å². The van der Waals surface area contributed by atoms with Gasteiger partial charge in [-0.05, 0) is 60.0 Å². The van der Waals surface area contributed by atoms with Gasteiger partial charge < -0.3 is 14.0 Å². The summed E-state index contributed by atoms with van der Waals surface area (Å²) in [6.07, 6.45) is -0.0239. The van der Waals surface area contributed by atoms with Crippen LogP contribution in [0.15, 0.2) is 18.2 Å². The minimum absolute atomic E-state index is 0.177. The van der Waals surface area contributed by atoms with Gasteiger partial charge in [-0.3, -0.25) is 4.79 Å². The van der Waals surface area contributed by atoms with Gasteiger partial charge in [0.1, 0.15) is 11.3 Å². The van der Waals surface area contributed by atoms with E-state index in [1.165, 1.54) is 0 Å². The molecule has 0 amide bonds. The van der Waals surface area contributed by atoms with E-state index in [2.05, 4.69) is 5.10 Å². The Hall–Kier alpha value is -2.19. The van der Waals surface area contributed by atoms with Crippen LogP contribution >= 0.6 is 0 Å². The summed E-state index contributed by atoms with van der Waals surface area (Å²) < 4.78 is 18.7. The van der Waals surface area contributed by atoms with Crippen LogP contribution in [0, 0.1) is 0 Å². The molecule has 1 aromatic heterocycles. The minimum Gasteiger partial charge on any atom is -0.442 e. The van der Waals surface area contributed by atoms with Crippen molar-refractivity contribution in [1.82, 2.24) is 9.78 Å². The number of aromatic nitrogens is 2. The molecule has 27 heavy (non-hydrogen) atoms. The summed E-state index contributed by atoms with van der Waals surface area (Å²) in [5, 5.41) is 4.68. The Kier molecular flexibility index (Phi) is 4.47. The molecule has 2 aromatic rings. The summed E-state index contributed by atoms with van der Waals surface area (Å²) in [5.74, 6) is 0. The molecule has 1 aromatic carbocycles. The molecule has 0 atom stereocenters. The molecule has 8 heteroatoms. The molecule has 1 fully saturated rings. The van der Waals surface area contributed by atoms with E-state index in [0.29, 0.717) is 17.2 Å². The Morgan fingerprint density at radius 3 is 2.30 bits per heavy atom. The highest BCUT2D eigenvalue weighted by Crippen LogP contribution is 2.36. The minimum atomic E-state index is -0.681. The molecule has 0 aliphatic carbocycles. The first-order valence-corrected chi connectivity index (χ1v) is 8.91. The van der Waals surface area contributed by atoms with E-state index >= 15 is 0 Å². The van der Waals surface area contributed by atoms with Gasteiger partial charge in [-0.15, -0.1) is 0 Å². The molecule has 3 rings (SSSR count). The number of aldehydes is 1. The van der Waals surface area contributed by atoms with E-state index in [4.69, 9.17) is 14.0 Å². The monoisotopic (exact) mass is 372 g/mol. The quantitative estimate of drug-likeness (QED) is 0.596. The lowest BCUT2D eigenvalue weighted by molar-refractivity contribution is 0.00578. The fourth-order valence-corrected chi connectivity index (χ4v) is 2.81. The number of carbonyl (C=O) groups is 2. The van der Waals surface area contributed by atoms with E-state index in [0.717, 1.165) is 10.1 Å². The molecule has 1 aliphatic rings. The first-order chi connectivity index (χ1) is 12.3. The van der Waals surface area contributed by atoms with Crippen molar-refractivity contribution in [1.29, 1.82) is 0 Å². The number of ether oxygens (including phenoxy) is 1. The van der Waals surface area contributed by atoms with Crippen LogP contribution < -0.4 is 5.46 Å². The maximum atomic E-state index is 12.5. The maximum Gasteiger partial charge on any atom is 0.494 e. The molecule has 0 N–H and O–H groups in total. The summed E-state index contributed by atoms with van der Waals surface area (Å²) in [5.41, 5.74) is -0.254. The lowest BCUT2D eigenvalue weighted by atomic mass is 9.79. The van der Waals surface area contributed by atoms with Crippen LogP contribution in [0.25, 0.3) is 10.9 Å². The number of nitrogens with zero attached hydrogens (tertiary/aromatic N) is 2. The van der Waals surface area contributed by atoms with Gasteiger partial charge in [-0.25, -0.2) is 4.79 Å². The SMILES string of the molecule is CC(C)(C)OC(=O)n1nc(C=O)c2ccc(B3OC(C)(C)C(C)(C)O3)cc21. The largest absolute Gasteiger partial charge is 0.494 e. The molecule has 0 bridgehead atoms. The van der Waals surface area contributed by atoms with Crippen LogP contribution in [-0.2, 0) is 14.0 Å². The van der Waals surface area contributed by atoms with Crippen molar-refractivity contribution in [2.45, 2.75) is 65.3 Å². The Balaban J connectivity index is 2.05. The molecule has 1 saturated heterocycles. The fraction of sp³-hybridized carbons (Fsp3) is 0.526. The summed E-state index contributed by atoms with van der Waals surface area (Å²) in [6.45, 7) is 13.2. The van der Waals surface area contributed by atoms with Crippen LogP contribution in [0.1, 0.15) is 59.0 Å². The zero-order chi connectivity index (χ0) is 20.2. The van der Waals surface area contributed by atoms with Crippen molar-refractivity contribution in [3.63, 3.8) is 0 Å². The second-order valence-electron chi connectivity index (χ2n) is 8.76. The van der Waals surface area contributed by atoms with Gasteiger partial charge in [0.2, 0.25) is 0 Å². The van der Waals surface area contributed by atoms with Gasteiger partial charge in [-0.2, -0.15) is 9.78 Å². The number of rotatable bonds is 2. The van der Waals surface area contributed by atoms with Crippen LogP contribution in [-0.4, -0.2) is 46.1 Å². The smallest absolute Gasteiger partial charge is 0.442 e. The standard InChI is InChI=1S/C19H25BN2O5/c1-17(2,3)25-16(24)22-15-10-12(8-9-13(15)14(11-23)21-22)20-26-18(4,5)19(6,7)27-20/h8-11H,1-7H3. The third-order valence-corrected chi connectivity index (χ3v) is 4.94. The first-order valence-electron chi connectivity index (χ1n) is 8.91. The highest BCUT2D eigenvalue weighted by Gasteiger charge is 2.51. The number of fused-ring (bicyclic) bond motifs is 1. The van der Waals surface area contributed by atoms with Crippen LogP contribution in [0.5, 0.6) is 0 Å². The number of carbonyl (C=O) groups excluding carboxylic acids is 2. The first kappa shape index (κ1) is 19.6. The van der Waals surface area contributed by atoms with Gasteiger partial charge in [-0.1, -0.05) is 12.1 Å². The molecular formula is C19H25BN2O5. The Bertz CT molecular complexity index is 895. The van der Waals surface area contributed by atoms with Crippen LogP contribution in [0.2, 0.25) is 0 Å². The molecule has 144 valence electrons. The maximum absolute atomic E-state index is 12.5. The molecule has 7 nitrogen and oxygen atoms in total. The van der Waals surface area contributed by atoms with Crippen molar-refractivity contribution in [3.8, 4) is 0 Å². The predicted octanol–water partition coefficient (Wildman–Crippen LogP) is 2.93. The van der Waals surface area contributed by atoms with Gasteiger partial charge in [0.25, 0.3) is 0 Å². The molecule has 0 spiro atoms.